The molecule has 2 aliphatic rings. The van der Waals surface area contributed by atoms with E-state index in [1.165, 1.54) is 4.90 Å². The summed E-state index contributed by atoms with van der Waals surface area (Å²) in [5, 5.41) is 8.79. The zero-order valence-electron chi connectivity index (χ0n) is 9.38. The molecule has 1 aliphatic carbocycles. The minimum absolute atomic E-state index is 0.0416. The molecule has 92 valence electrons. The Labute approximate surface area is 93.4 Å². The van der Waals surface area contributed by atoms with Gasteiger partial charge in [-0.3, -0.25) is 0 Å². The van der Waals surface area contributed by atoms with E-state index in [4.69, 9.17) is 5.11 Å². The highest BCUT2D eigenvalue weighted by molar-refractivity contribution is 5.65. The van der Waals surface area contributed by atoms with Gasteiger partial charge in [0.2, 0.25) is 0 Å². The average Bonchev–Trinajstić information content (AvgIpc) is 2.37. The molecule has 3 nitrogen and oxygen atoms in total. The maximum atomic E-state index is 13.9. The summed E-state index contributed by atoms with van der Waals surface area (Å²) < 4.78 is 27.8. The Kier molecular flexibility index (Phi) is 2.59. The number of carboxylic acid groups (broad SMARTS) is 1. The molecule has 1 atom stereocenters. The van der Waals surface area contributed by atoms with E-state index in [0.29, 0.717) is 19.3 Å². The van der Waals surface area contributed by atoms with Gasteiger partial charge in [0.25, 0.3) is 5.92 Å². The zero-order valence-corrected chi connectivity index (χ0v) is 9.38. The van der Waals surface area contributed by atoms with Crippen molar-refractivity contribution in [3.05, 3.63) is 0 Å². The van der Waals surface area contributed by atoms with E-state index < -0.39 is 17.4 Å². The Morgan fingerprint density at radius 3 is 2.25 bits per heavy atom. The molecule has 1 heterocycles. The van der Waals surface area contributed by atoms with Crippen LogP contribution in [0.1, 0.15) is 32.6 Å². The largest absolute Gasteiger partial charge is 0.465 e. The van der Waals surface area contributed by atoms with Gasteiger partial charge in [-0.05, 0) is 25.2 Å². The van der Waals surface area contributed by atoms with Crippen LogP contribution in [0.15, 0.2) is 0 Å². The van der Waals surface area contributed by atoms with Crippen LogP contribution in [0, 0.1) is 11.3 Å². The highest BCUT2D eigenvalue weighted by Gasteiger charge is 2.59. The number of carbonyl (C=O) groups is 1. The third kappa shape index (κ3) is 1.66. The highest BCUT2D eigenvalue weighted by atomic mass is 19.3. The molecule has 0 radical (unpaired) electrons. The molecule has 1 saturated heterocycles. The molecule has 5 heteroatoms. The normalized spacial score (nSPS) is 31.9. The Bertz CT molecular complexity index is 298. The molecular formula is C11H17F2NO2. The van der Waals surface area contributed by atoms with Crippen molar-refractivity contribution >= 4 is 6.09 Å². The number of halogens is 2. The summed E-state index contributed by atoms with van der Waals surface area (Å²) in [5.74, 6) is -2.57. The van der Waals surface area contributed by atoms with Gasteiger partial charge in [0.1, 0.15) is 0 Å². The molecule has 0 bridgehead atoms. The second kappa shape index (κ2) is 3.57. The van der Waals surface area contributed by atoms with E-state index in [2.05, 4.69) is 0 Å². The minimum Gasteiger partial charge on any atom is -0.465 e. The number of piperidine rings is 1. The summed E-state index contributed by atoms with van der Waals surface area (Å²) in [4.78, 5) is 12.0. The van der Waals surface area contributed by atoms with Crippen molar-refractivity contribution in [1.29, 1.82) is 0 Å². The molecule has 1 unspecified atom stereocenters. The van der Waals surface area contributed by atoms with Crippen LogP contribution in [-0.2, 0) is 0 Å². The molecule has 0 aromatic rings. The van der Waals surface area contributed by atoms with Crippen LogP contribution >= 0.6 is 0 Å². The summed E-state index contributed by atoms with van der Waals surface area (Å²) in [6, 6.07) is 0. The fraction of sp³-hybridized carbons (Fsp3) is 0.909. The van der Waals surface area contributed by atoms with E-state index in [1.54, 1.807) is 0 Å². The quantitative estimate of drug-likeness (QED) is 0.699. The number of rotatable bonds is 0. The summed E-state index contributed by atoms with van der Waals surface area (Å²) in [6.07, 6.45) is 0.102. The SMILES string of the molecule is CC1CC(F)(F)C2(CCN(C(=O)O)CC2)C1. The first-order valence-electron chi connectivity index (χ1n) is 5.72. The summed E-state index contributed by atoms with van der Waals surface area (Å²) in [6.45, 7) is 2.35. The van der Waals surface area contributed by atoms with Crippen LogP contribution in [0.5, 0.6) is 0 Å². The molecule has 1 spiro atoms. The number of amides is 1. The molecule has 1 amide bonds. The standard InChI is InChI=1S/C11H17F2NO2/c1-8-6-10(11(12,13)7-8)2-4-14(5-3-10)9(15)16/h8H,2-7H2,1H3,(H,15,16). The summed E-state index contributed by atoms with van der Waals surface area (Å²) in [5.41, 5.74) is -0.932. The van der Waals surface area contributed by atoms with Crippen LogP contribution in [-0.4, -0.2) is 35.1 Å². The van der Waals surface area contributed by atoms with Gasteiger partial charge in [-0.15, -0.1) is 0 Å². The number of hydrogen-bond acceptors (Lipinski definition) is 1. The molecule has 0 aromatic heterocycles. The third-order valence-corrected chi connectivity index (χ3v) is 4.11. The van der Waals surface area contributed by atoms with Crippen LogP contribution in [0.25, 0.3) is 0 Å². The second-order valence-corrected chi connectivity index (χ2v) is 5.27. The van der Waals surface area contributed by atoms with Gasteiger partial charge in [-0.25, -0.2) is 13.6 Å². The van der Waals surface area contributed by atoms with Gasteiger partial charge in [-0.2, -0.15) is 0 Å². The van der Waals surface area contributed by atoms with Gasteiger partial charge in [0.15, 0.2) is 0 Å². The Morgan fingerprint density at radius 2 is 1.88 bits per heavy atom. The maximum absolute atomic E-state index is 13.9. The van der Waals surface area contributed by atoms with Crippen molar-refractivity contribution in [2.45, 2.75) is 38.5 Å². The fourth-order valence-electron chi connectivity index (χ4n) is 3.24. The maximum Gasteiger partial charge on any atom is 0.407 e. The summed E-state index contributed by atoms with van der Waals surface area (Å²) >= 11 is 0. The number of nitrogens with zero attached hydrogens (tertiary/aromatic N) is 1. The van der Waals surface area contributed by atoms with Crippen molar-refractivity contribution in [2.24, 2.45) is 11.3 Å². The predicted molar refractivity (Wildman–Crippen MR) is 54.6 cm³/mol. The van der Waals surface area contributed by atoms with Gasteiger partial charge in [0, 0.05) is 24.9 Å². The lowest BCUT2D eigenvalue weighted by atomic mass is 9.74. The molecular weight excluding hydrogens is 216 g/mol. The van der Waals surface area contributed by atoms with E-state index in [1.807, 2.05) is 6.92 Å². The minimum atomic E-state index is -2.61. The van der Waals surface area contributed by atoms with Crippen LogP contribution < -0.4 is 0 Å². The van der Waals surface area contributed by atoms with Gasteiger partial charge < -0.3 is 10.0 Å². The van der Waals surface area contributed by atoms with Crippen molar-refractivity contribution in [2.75, 3.05) is 13.1 Å². The van der Waals surface area contributed by atoms with Crippen LogP contribution in [0.2, 0.25) is 0 Å². The highest BCUT2D eigenvalue weighted by Crippen LogP contribution is 2.57. The number of alkyl halides is 2. The van der Waals surface area contributed by atoms with E-state index in [9.17, 15) is 13.6 Å². The van der Waals surface area contributed by atoms with Crippen LogP contribution in [0.3, 0.4) is 0 Å². The first-order valence-corrected chi connectivity index (χ1v) is 5.72. The van der Waals surface area contributed by atoms with Crippen molar-refractivity contribution in [3.8, 4) is 0 Å². The van der Waals surface area contributed by atoms with Crippen molar-refractivity contribution in [1.82, 2.24) is 4.90 Å². The van der Waals surface area contributed by atoms with E-state index in [-0.39, 0.29) is 25.4 Å². The Hall–Kier alpha value is -0.870. The molecule has 2 fully saturated rings. The van der Waals surface area contributed by atoms with Gasteiger partial charge in [0.05, 0.1) is 0 Å². The Morgan fingerprint density at radius 1 is 1.31 bits per heavy atom. The predicted octanol–water partition coefficient (Wildman–Crippen LogP) is 2.81. The van der Waals surface area contributed by atoms with Gasteiger partial charge >= 0.3 is 6.09 Å². The average molecular weight is 233 g/mol. The first-order chi connectivity index (χ1) is 7.36. The molecule has 1 aliphatic heterocycles. The lowest BCUT2D eigenvalue weighted by Gasteiger charge is -2.41. The fourth-order valence-corrected chi connectivity index (χ4v) is 3.24. The molecule has 16 heavy (non-hydrogen) atoms. The Balaban J connectivity index is 2.09. The monoisotopic (exact) mass is 233 g/mol. The lowest BCUT2D eigenvalue weighted by Crippen LogP contribution is -2.48. The number of likely N-dealkylation sites (tertiary alicyclic amines) is 1. The number of hydrogen-bond donors (Lipinski definition) is 1. The zero-order chi connectivity index (χ0) is 12.0. The third-order valence-electron chi connectivity index (χ3n) is 4.11. The first kappa shape index (κ1) is 11.6. The van der Waals surface area contributed by atoms with Crippen molar-refractivity contribution in [3.63, 3.8) is 0 Å². The van der Waals surface area contributed by atoms with E-state index >= 15 is 0 Å². The molecule has 2 rings (SSSR count). The topological polar surface area (TPSA) is 40.5 Å². The molecule has 1 saturated carbocycles. The van der Waals surface area contributed by atoms with E-state index in [0.717, 1.165) is 0 Å². The van der Waals surface area contributed by atoms with Crippen LogP contribution in [0.4, 0.5) is 13.6 Å². The lowest BCUT2D eigenvalue weighted by molar-refractivity contribution is -0.121. The molecule has 0 aromatic carbocycles. The van der Waals surface area contributed by atoms with Crippen molar-refractivity contribution < 1.29 is 18.7 Å². The van der Waals surface area contributed by atoms with Gasteiger partial charge in [-0.1, -0.05) is 6.92 Å². The smallest absolute Gasteiger partial charge is 0.407 e. The summed E-state index contributed by atoms with van der Waals surface area (Å²) in [7, 11) is 0. The molecule has 1 N–H and O–H groups in total. The second-order valence-electron chi connectivity index (χ2n) is 5.27.